The number of alkyl halides is 1. The molecular weight excluding hydrogens is 172 g/mol. The molecule has 0 atom stereocenters. The highest BCUT2D eigenvalue weighted by Crippen LogP contribution is 2.27. The van der Waals surface area contributed by atoms with Crippen LogP contribution >= 0.6 is 11.6 Å². The van der Waals surface area contributed by atoms with Crippen molar-refractivity contribution in [3.63, 3.8) is 0 Å². The van der Waals surface area contributed by atoms with Gasteiger partial charge in [0.05, 0.1) is 6.61 Å². The summed E-state index contributed by atoms with van der Waals surface area (Å²) in [7, 11) is 0. The van der Waals surface area contributed by atoms with Gasteiger partial charge in [-0.1, -0.05) is 5.92 Å². The molecule has 0 amide bonds. The van der Waals surface area contributed by atoms with Gasteiger partial charge in [0.2, 0.25) is 0 Å². The van der Waals surface area contributed by atoms with Crippen LogP contribution in [0.1, 0.15) is 25.7 Å². The normalized spacial score (nSPS) is 29.7. The molecule has 0 bridgehead atoms. The monoisotopic (exact) mass is 186 g/mol. The van der Waals surface area contributed by atoms with Crippen LogP contribution < -0.4 is 0 Å². The predicted molar refractivity (Wildman–Crippen MR) is 51.3 cm³/mol. The molecule has 0 heterocycles. The first-order valence-corrected chi connectivity index (χ1v) is 4.92. The molecule has 0 radical (unpaired) electrons. The van der Waals surface area contributed by atoms with E-state index in [1.165, 1.54) is 12.8 Å². The van der Waals surface area contributed by atoms with Gasteiger partial charge in [-0.25, -0.2) is 0 Å². The minimum atomic E-state index is 0.397. The van der Waals surface area contributed by atoms with E-state index in [1.807, 2.05) is 0 Å². The molecule has 1 aliphatic carbocycles. The highest BCUT2D eigenvalue weighted by Gasteiger charge is 2.18. The summed E-state index contributed by atoms with van der Waals surface area (Å²) in [5, 5.41) is 0.397. The number of halogens is 1. The van der Waals surface area contributed by atoms with Crippen LogP contribution in [0.15, 0.2) is 0 Å². The zero-order chi connectivity index (χ0) is 8.81. The number of ether oxygens (including phenoxy) is 1. The second-order valence-electron chi connectivity index (χ2n) is 3.34. The van der Waals surface area contributed by atoms with Gasteiger partial charge in [-0.3, -0.25) is 0 Å². The van der Waals surface area contributed by atoms with Gasteiger partial charge in [0, 0.05) is 5.38 Å². The molecule has 0 aromatic rings. The molecule has 1 rings (SSSR count). The predicted octanol–water partition coefficient (Wildman–Crippen LogP) is 2.43. The molecule has 0 N–H and O–H groups in total. The van der Waals surface area contributed by atoms with E-state index in [9.17, 15) is 0 Å². The first-order chi connectivity index (χ1) is 5.83. The zero-order valence-electron chi connectivity index (χ0n) is 7.26. The van der Waals surface area contributed by atoms with E-state index in [2.05, 4.69) is 5.92 Å². The van der Waals surface area contributed by atoms with Crippen LogP contribution in [0.3, 0.4) is 0 Å². The van der Waals surface area contributed by atoms with Crippen molar-refractivity contribution < 1.29 is 4.74 Å². The van der Waals surface area contributed by atoms with E-state index in [0.717, 1.165) is 19.4 Å². The third kappa shape index (κ3) is 3.47. The first kappa shape index (κ1) is 9.89. The van der Waals surface area contributed by atoms with Gasteiger partial charge in [-0.2, -0.15) is 0 Å². The molecule has 68 valence electrons. The Morgan fingerprint density at radius 1 is 1.33 bits per heavy atom. The van der Waals surface area contributed by atoms with Crippen LogP contribution in [0.4, 0.5) is 0 Å². The summed E-state index contributed by atoms with van der Waals surface area (Å²) < 4.78 is 5.28. The van der Waals surface area contributed by atoms with Crippen molar-refractivity contribution in [3.05, 3.63) is 0 Å². The number of hydrogen-bond donors (Lipinski definition) is 0. The molecule has 1 aliphatic rings. The van der Waals surface area contributed by atoms with E-state index >= 15 is 0 Å². The summed E-state index contributed by atoms with van der Waals surface area (Å²) in [5.41, 5.74) is 0. The van der Waals surface area contributed by atoms with Crippen LogP contribution in [0.25, 0.3) is 0 Å². The van der Waals surface area contributed by atoms with Crippen molar-refractivity contribution in [2.24, 2.45) is 5.92 Å². The fourth-order valence-electron chi connectivity index (χ4n) is 1.57. The molecule has 0 saturated heterocycles. The van der Waals surface area contributed by atoms with E-state index in [4.69, 9.17) is 22.8 Å². The summed E-state index contributed by atoms with van der Waals surface area (Å²) >= 11 is 5.97. The molecule has 0 aromatic carbocycles. The Balaban J connectivity index is 2.06. The third-order valence-electron chi connectivity index (χ3n) is 2.32. The second-order valence-corrected chi connectivity index (χ2v) is 3.95. The van der Waals surface area contributed by atoms with Crippen molar-refractivity contribution in [1.82, 2.24) is 0 Å². The topological polar surface area (TPSA) is 9.23 Å². The van der Waals surface area contributed by atoms with Gasteiger partial charge in [0.1, 0.15) is 6.61 Å². The van der Waals surface area contributed by atoms with Crippen molar-refractivity contribution in [3.8, 4) is 12.3 Å². The Morgan fingerprint density at radius 2 is 2.00 bits per heavy atom. The summed E-state index contributed by atoms with van der Waals surface area (Å²) in [4.78, 5) is 0. The average molecular weight is 187 g/mol. The van der Waals surface area contributed by atoms with E-state index in [-0.39, 0.29) is 0 Å². The lowest BCUT2D eigenvalue weighted by Gasteiger charge is -2.24. The summed E-state index contributed by atoms with van der Waals surface area (Å²) in [6.07, 6.45) is 9.72. The maximum Gasteiger partial charge on any atom is 0.107 e. The number of hydrogen-bond acceptors (Lipinski definition) is 1. The van der Waals surface area contributed by atoms with Gasteiger partial charge in [0.25, 0.3) is 0 Å². The molecule has 0 unspecified atom stereocenters. The van der Waals surface area contributed by atoms with Crippen molar-refractivity contribution >= 4 is 11.6 Å². The van der Waals surface area contributed by atoms with E-state index in [1.54, 1.807) is 0 Å². The van der Waals surface area contributed by atoms with Gasteiger partial charge in [-0.05, 0) is 31.6 Å². The highest BCUT2D eigenvalue weighted by molar-refractivity contribution is 6.20. The van der Waals surface area contributed by atoms with Crippen LogP contribution in [0.2, 0.25) is 0 Å². The fourth-order valence-corrected chi connectivity index (χ4v) is 1.82. The lowest BCUT2D eigenvalue weighted by molar-refractivity contribution is 0.110. The SMILES string of the molecule is C#CCOCC1CCC(Cl)CC1. The maximum absolute atomic E-state index is 5.97. The average Bonchev–Trinajstić information content (AvgIpc) is 2.09. The molecule has 0 spiro atoms. The molecule has 0 aromatic heterocycles. The Morgan fingerprint density at radius 3 is 2.58 bits per heavy atom. The minimum Gasteiger partial charge on any atom is -0.369 e. The Labute approximate surface area is 79.4 Å². The molecule has 2 heteroatoms. The number of rotatable bonds is 3. The van der Waals surface area contributed by atoms with Crippen molar-refractivity contribution in [2.45, 2.75) is 31.1 Å². The van der Waals surface area contributed by atoms with Gasteiger partial charge >= 0.3 is 0 Å². The smallest absolute Gasteiger partial charge is 0.107 e. The van der Waals surface area contributed by atoms with Crippen LogP contribution in [0.5, 0.6) is 0 Å². The zero-order valence-corrected chi connectivity index (χ0v) is 8.02. The fraction of sp³-hybridized carbons (Fsp3) is 0.800. The largest absolute Gasteiger partial charge is 0.369 e. The van der Waals surface area contributed by atoms with Crippen LogP contribution in [0, 0.1) is 18.3 Å². The van der Waals surface area contributed by atoms with Crippen molar-refractivity contribution in [2.75, 3.05) is 13.2 Å². The quantitative estimate of drug-likeness (QED) is 0.374. The lowest BCUT2D eigenvalue weighted by atomic mass is 9.90. The lowest BCUT2D eigenvalue weighted by Crippen LogP contribution is -2.18. The second kappa shape index (κ2) is 5.45. The molecular formula is C10H15ClO. The maximum atomic E-state index is 5.97. The van der Waals surface area contributed by atoms with Gasteiger partial charge < -0.3 is 4.74 Å². The van der Waals surface area contributed by atoms with Gasteiger partial charge in [-0.15, -0.1) is 18.0 Å². The van der Waals surface area contributed by atoms with Crippen LogP contribution in [-0.4, -0.2) is 18.6 Å². The molecule has 1 saturated carbocycles. The van der Waals surface area contributed by atoms with E-state index < -0.39 is 0 Å². The number of terminal acetylenes is 1. The minimum absolute atomic E-state index is 0.397. The molecule has 1 fully saturated rings. The molecule has 12 heavy (non-hydrogen) atoms. The van der Waals surface area contributed by atoms with Crippen molar-refractivity contribution in [1.29, 1.82) is 0 Å². The summed E-state index contributed by atoms with van der Waals surface area (Å²) in [6.45, 7) is 1.26. The first-order valence-electron chi connectivity index (χ1n) is 4.48. The van der Waals surface area contributed by atoms with Gasteiger partial charge in [0.15, 0.2) is 0 Å². The summed E-state index contributed by atoms with van der Waals surface area (Å²) in [6, 6.07) is 0. The molecule has 1 nitrogen and oxygen atoms in total. The highest BCUT2D eigenvalue weighted by atomic mass is 35.5. The Kier molecular flexibility index (Phi) is 4.50. The third-order valence-corrected chi connectivity index (χ3v) is 2.75. The molecule has 0 aliphatic heterocycles. The van der Waals surface area contributed by atoms with Crippen LogP contribution in [-0.2, 0) is 4.74 Å². The standard InChI is InChI=1S/C10H15ClO/c1-2-7-12-8-9-3-5-10(11)6-4-9/h1,9-10H,3-8H2. The summed E-state index contributed by atoms with van der Waals surface area (Å²) in [5.74, 6) is 3.16. The Bertz CT molecular complexity index is 154. The van der Waals surface area contributed by atoms with E-state index in [0.29, 0.717) is 17.9 Å². The Hall–Kier alpha value is -0.190.